The molecule has 2 fully saturated rings. The molecule has 0 aromatic heterocycles. The van der Waals surface area contributed by atoms with Crippen LogP contribution in [0, 0.1) is 11.2 Å². The maximum atomic E-state index is 13.6. The number of ether oxygens (including phenoxy) is 1. The van der Waals surface area contributed by atoms with Gasteiger partial charge in [0.05, 0.1) is 5.41 Å². The van der Waals surface area contributed by atoms with Crippen LogP contribution in [0.3, 0.4) is 0 Å². The van der Waals surface area contributed by atoms with E-state index in [9.17, 15) is 36.7 Å². The molecule has 4 amide bonds. The zero-order valence-electron chi connectivity index (χ0n) is 23.0. The topological polar surface area (TPSA) is 108 Å². The third kappa shape index (κ3) is 5.33. The number of imide groups is 1. The summed E-state index contributed by atoms with van der Waals surface area (Å²) >= 11 is 0. The highest BCUT2D eigenvalue weighted by Crippen LogP contribution is 2.46. The third-order valence-corrected chi connectivity index (χ3v) is 8.27. The summed E-state index contributed by atoms with van der Waals surface area (Å²) in [5.74, 6) is -2.34. The van der Waals surface area contributed by atoms with Crippen LogP contribution in [-0.4, -0.2) is 65.5 Å². The van der Waals surface area contributed by atoms with Gasteiger partial charge in [0.15, 0.2) is 0 Å². The summed E-state index contributed by atoms with van der Waals surface area (Å²) in [5.41, 5.74) is -0.103. The van der Waals surface area contributed by atoms with Crippen LogP contribution in [0.1, 0.15) is 43.4 Å². The van der Waals surface area contributed by atoms with E-state index >= 15 is 0 Å². The lowest BCUT2D eigenvalue weighted by Crippen LogP contribution is -2.58. The Balaban J connectivity index is 1.28. The van der Waals surface area contributed by atoms with Gasteiger partial charge in [0.1, 0.15) is 11.9 Å². The van der Waals surface area contributed by atoms with Crippen molar-refractivity contribution >= 4 is 29.5 Å². The lowest BCUT2D eigenvalue weighted by molar-refractivity contribution is -0.187. The molecule has 3 aliphatic rings. The molecule has 1 aliphatic carbocycles. The van der Waals surface area contributed by atoms with Crippen molar-refractivity contribution in [2.45, 2.75) is 57.5 Å². The van der Waals surface area contributed by atoms with Crippen molar-refractivity contribution in [2.75, 3.05) is 25.0 Å². The number of amides is 4. The predicted molar refractivity (Wildman–Crippen MR) is 141 cm³/mol. The van der Waals surface area contributed by atoms with Crippen molar-refractivity contribution < 1.29 is 41.5 Å². The first-order valence-corrected chi connectivity index (χ1v) is 13.5. The van der Waals surface area contributed by atoms with Crippen molar-refractivity contribution in [1.82, 2.24) is 15.1 Å². The Hall–Kier alpha value is -4.00. The van der Waals surface area contributed by atoms with Crippen molar-refractivity contribution in [3.8, 4) is 0 Å². The maximum Gasteiger partial charge on any atom is 0.418 e. The number of carbonyl (C=O) groups excluding carboxylic acids is 4. The number of carbonyl (C=O) groups is 4. The molecule has 224 valence electrons. The number of alkyl halides is 3. The summed E-state index contributed by atoms with van der Waals surface area (Å²) < 4.78 is 59.6. The van der Waals surface area contributed by atoms with Gasteiger partial charge in [-0.15, -0.1) is 0 Å². The molecule has 13 heteroatoms. The first-order valence-electron chi connectivity index (χ1n) is 13.5. The standard InChI is InChI=1S/C29H30F4N4O5/c1-17(29(31,32)33)37(14-18-3-5-20(30)6-4-18)23(38)10-12-36-25(40)28(42-26(36)41)11-9-19-13-21(7-8-22(19)28)35-24(39)27(2)15-34-16-27/h3-8,13,17,34H,9-12,14-16H2,1-2H3,(H,35,39). The summed E-state index contributed by atoms with van der Waals surface area (Å²) in [6, 6.07) is 7.53. The highest BCUT2D eigenvalue weighted by atomic mass is 19.4. The number of nitrogens with zero attached hydrogens (tertiary/aromatic N) is 2. The normalized spacial score (nSPS) is 21.5. The number of aryl methyl sites for hydroxylation is 1. The van der Waals surface area contributed by atoms with E-state index < -0.39 is 66.5 Å². The zero-order chi connectivity index (χ0) is 30.4. The zero-order valence-corrected chi connectivity index (χ0v) is 23.0. The molecule has 0 bridgehead atoms. The molecule has 1 spiro atoms. The molecule has 2 aromatic rings. The number of hydrogen-bond acceptors (Lipinski definition) is 6. The lowest BCUT2D eigenvalue weighted by Gasteiger charge is -2.37. The number of hydrogen-bond donors (Lipinski definition) is 2. The van der Waals surface area contributed by atoms with Gasteiger partial charge < -0.3 is 20.3 Å². The molecule has 42 heavy (non-hydrogen) atoms. The summed E-state index contributed by atoms with van der Waals surface area (Å²) in [5, 5.41) is 5.95. The minimum absolute atomic E-state index is 0.138. The Kier molecular flexibility index (Phi) is 7.50. The largest absolute Gasteiger partial charge is 0.427 e. The molecule has 2 unspecified atom stereocenters. The van der Waals surface area contributed by atoms with E-state index in [1.165, 1.54) is 12.1 Å². The molecule has 5 rings (SSSR count). The molecule has 2 heterocycles. The number of nitrogens with one attached hydrogen (secondary N) is 2. The minimum Gasteiger partial charge on any atom is -0.427 e. The second-order valence-corrected chi connectivity index (χ2v) is 11.3. The fourth-order valence-corrected chi connectivity index (χ4v) is 5.49. The quantitative estimate of drug-likeness (QED) is 0.453. The van der Waals surface area contributed by atoms with Crippen LogP contribution in [0.15, 0.2) is 42.5 Å². The Bertz CT molecular complexity index is 1430. The van der Waals surface area contributed by atoms with E-state index in [2.05, 4.69) is 10.6 Å². The number of halogens is 4. The van der Waals surface area contributed by atoms with Gasteiger partial charge in [0.2, 0.25) is 17.4 Å². The first-order chi connectivity index (χ1) is 19.7. The second kappa shape index (κ2) is 10.7. The third-order valence-electron chi connectivity index (χ3n) is 8.27. The van der Waals surface area contributed by atoms with Crippen LogP contribution < -0.4 is 10.6 Å². The lowest BCUT2D eigenvalue weighted by atomic mass is 9.83. The summed E-state index contributed by atoms with van der Waals surface area (Å²) in [6.07, 6.45) is -5.75. The van der Waals surface area contributed by atoms with Gasteiger partial charge in [0.25, 0.3) is 5.91 Å². The number of fused-ring (bicyclic) bond motifs is 2. The van der Waals surface area contributed by atoms with E-state index in [0.29, 0.717) is 41.2 Å². The maximum absolute atomic E-state index is 13.6. The van der Waals surface area contributed by atoms with Crippen molar-refractivity contribution in [3.63, 3.8) is 0 Å². The van der Waals surface area contributed by atoms with Crippen LogP contribution in [0.25, 0.3) is 0 Å². The van der Waals surface area contributed by atoms with Crippen molar-refractivity contribution in [1.29, 1.82) is 0 Å². The Labute approximate surface area is 239 Å². The SMILES string of the molecule is CC(N(Cc1ccc(F)cc1)C(=O)CCN1C(=O)OC2(CCc3cc(NC(=O)C4(C)CNC4)ccc32)C1=O)C(F)(F)F. The Morgan fingerprint density at radius 1 is 1.14 bits per heavy atom. The fraction of sp³-hybridized carbons (Fsp3) is 0.448. The monoisotopic (exact) mass is 590 g/mol. The van der Waals surface area contributed by atoms with Crippen LogP contribution >= 0.6 is 0 Å². The van der Waals surface area contributed by atoms with E-state index in [4.69, 9.17) is 4.74 Å². The number of benzene rings is 2. The molecule has 0 saturated carbocycles. The fourth-order valence-electron chi connectivity index (χ4n) is 5.49. The van der Waals surface area contributed by atoms with Crippen molar-refractivity contribution in [2.24, 2.45) is 5.41 Å². The molecule has 2 saturated heterocycles. The number of rotatable bonds is 8. The van der Waals surface area contributed by atoms with Crippen LogP contribution in [0.4, 0.5) is 28.0 Å². The molecule has 0 radical (unpaired) electrons. The van der Waals surface area contributed by atoms with Crippen LogP contribution in [0.5, 0.6) is 0 Å². The van der Waals surface area contributed by atoms with E-state index in [0.717, 1.165) is 24.0 Å². The molecule has 9 nitrogen and oxygen atoms in total. The van der Waals surface area contributed by atoms with Gasteiger partial charge in [-0.1, -0.05) is 18.2 Å². The van der Waals surface area contributed by atoms with Crippen LogP contribution in [0.2, 0.25) is 0 Å². The molecule has 2 aromatic carbocycles. The second-order valence-electron chi connectivity index (χ2n) is 11.3. The van der Waals surface area contributed by atoms with Gasteiger partial charge in [-0.3, -0.25) is 14.4 Å². The highest BCUT2D eigenvalue weighted by Gasteiger charge is 2.58. The van der Waals surface area contributed by atoms with Crippen molar-refractivity contribution in [3.05, 3.63) is 65.0 Å². The smallest absolute Gasteiger partial charge is 0.418 e. The molecule has 2 aliphatic heterocycles. The average molecular weight is 591 g/mol. The Morgan fingerprint density at radius 3 is 2.45 bits per heavy atom. The van der Waals surface area contributed by atoms with Gasteiger partial charge in [-0.25, -0.2) is 14.1 Å². The minimum atomic E-state index is -4.74. The Morgan fingerprint density at radius 2 is 1.83 bits per heavy atom. The van der Waals surface area contributed by atoms with Gasteiger partial charge in [-0.2, -0.15) is 13.2 Å². The van der Waals surface area contributed by atoms with E-state index in [1.807, 2.05) is 6.92 Å². The predicted octanol–water partition coefficient (Wildman–Crippen LogP) is 3.86. The van der Waals surface area contributed by atoms with Crippen LogP contribution in [-0.2, 0) is 37.7 Å². The average Bonchev–Trinajstić information content (AvgIpc) is 3.40. The number of anilines is 1. The van der Waals surface area contributed by atoms with E-state index in [-0.39, 0.29) is 17.9 Å². The molecule has 2 N–H and O–H groups in total. The summed E-state index contributed by atoms with van der Waals surface area (Å²) in [4.78, 5) is 53.3. The van der Waals surface area contributed by atoms with Gasteiger partial charge >= 0.3 is 12.3 Å². The summed E-state index contributed by atoms with van der Waals surface area (Å²) in [6.45, 7) is 2.90. The van der Waals surface area contributed by atoms with E-state index in [1.54, 1.807) is 18.2 Å². The van der Waals surface area contributed by atoms with Gasteiger partial charge in [0, 0.05) is 50.3 Å². The first kappa shape index (κ1) is 29.5. The summed E-state index contributed by atoms with van der Waals surface area (Å²) in [7, 11) is 0. The van der Waals surface area contributed by atoms with Gasteiger partial charge in [-0.05, 0) is 55.7 Å². The molecular formula is C29H30F4N4O5. The highest BCUT2D eigenvalue weighted by molar-refractivity contribution is 6.04. The molecular weight excluding hydrogens is 560 g/mol. The molecule has 2 atom stereocenters.